The van der Waals surface area contributed by atoms with E-state index in [2.05, 4.69) is 10.6 Å². The number of carbonyl (C=O) groups excluding carboxylic acids is 3. The van der Waals surface area contributed by atoms with E-state index in [1.807, 2.05) is 0 Å². The maximum Gasteiger partial charge on any atom is 0.325 e. The third-order valence-electron chi connectivity index (χ3n) is 4.03. The van der Waals surface area contributed by atoms with Gasteiger partial charge in [-0.15, -0.1) is 0 Å². The molecular formula is C15H24N4O7. The Bertz CT molecular complexity index is 595. The van der Waals surface area contributed by atoms with Crippen LogP contribution in [0.15, 0.2) is 0 Å². The average Bonchev–Trinajstić information content (AvgIpc) is 3.02. The zero-order chi connectivity index (χ0) is 20.0. The molecule has 1 saturated heterocycles. The molecule has 1 fully saturated rings. The molecule has 11 nitrogen and oxygen atoms in total. The van der Waals surface area contributed by atoms with E-state index in [-0.39, 0.29) is 6.54 Å². The number of carboxylic acids is 2. The Labute approximate surface area is 149 Å². The number of nitrogens with one attached hydrogen (secondary N) is 2. The van der Waals surface area contributed by atoms with Crippen molar-refractivity contribution in [3.63, 3.8) is 0 Å². The van der Waals surface area contributed by atoms with Gasteiger partial charge in [-0.25, -0.2) is 0 Å². The van der Waals surface area contributed by atoms with Gasteiger partial charge in [0.05, 0.1) is 12.5 Å². The van der Waals surface area contributed by atoms with E-state index in [4.69, 9.17) is 15.9 Å². The Hall–Kier alpha value is -2.69. The Morgan fingerprint density at radius 3 is 2.27 bits per heavy atom. The van der Waals surface area contributed by atoms with Gasteiger partial charge in [0.1, 0.15) is 18.1 Å². The molecule has 0 aromatic carbocycles. The summed E-state index contributed by atoms with van der Waals surface area (Å²) in [5, 5.41) is 22.2. The van der Waals surface area contributed by atoms with Crippen molar-refractivity contribution in [3.8, 4) is 0 Å². The fourth-order valence-electron chi connectivity index (χ4n) is 2.57. The Morgan fingerprint density at radius 2 is 1.73 bits per heavy atom. The molecule has 26 heavy (non-hydrogen) atoms. The number of hydrogen-bond acceptors (Lipinski definition) is 6. The molecule has 146 valence electrons. The SMILES string of the molecule is CC(NC(=O)C(C)NC(=O)C1CCCN1C(=O)C(N)CC(=O)O)C(=O)O. The van der Waals surface area contributed by atoms with Gasteiger partial charge in [0.15, 0.2) is 0 Å². The first-order chi connectivity index (χ1) is 12.0. The standard InChI is InChI=1S/C15H24N4O7/c1-7(12(22)18-8(2)15(25)26)17-13(23)10-4-3-5-19(10)14(24)9(16)6-11(20)21/h7-10H,3-6,16H2,1-2H3,(H,17,23)(H,18,22)(H,20,21)(H,25,26). The number of rotatable bonds is 8. The van der Waals surface area contributed by atoms with Crippen molar-refractivity contribution >= 4 is 29.7 Å². The minimum Gasteiger partial charge on any atom is -0.481 e. The Kier molecular flexibility index (Phi) is 7.50. The van der Waals surface area contributed by atoms with Crippen LogP contribution in [0.25, 0.3) is 0 Å². The summed E-state index contributed by atoms with van der Waals surface area (Å²) in [6, 6.07) is -4.22. The molecule has 4 unspecified atom stereocenters. The number of aliphatic carboxylic acids is 2. The van der Waals surface area contributed by atoms with Crippen LogP contribution in [-0.4, -0.2) is 75.5 Å². The van der Waals surface area contributed by atoms with Crippen molar-refractivity contribution in [2.75, 3.05) is 6.54 Å². The second-order valence-corrected chi connectivity index (χ2v) is 6.19. The summed E-state index contributed by atoms with van der Waals surface area (Å²) < 4.78 is 0. The van der Waals surface area contributed by atoms with Crippen LogP contribution in [-0.2, 0) is 24.0 Å². The smallest absolute Gasteiger partial charge is 0.325 e. The van der Waals surface area contributed by atoms with Crippen LogP contribution in [0.5, 0.6) is 0 Å². The molecule has 0 radical (unpaired) electrons. The summed E-state index contributed by atoms with van der Waals surface area (Å²) in [6.07, 6.45) is 0.354. The van der Waals surface area contributed by atoms with Crippen LogP contribution < -0.4 is 16.4 Å². The van der Waals surface area contributed by atoms with Crippen LogP contribution in [0.4, 0.5) is 0 Å². The molecule has 1 aliphatic rings. The van der Waals surface area contributed by atoms with Gasteiger partial charge in [0.2, 0.25) is 17.7 Å². The van der Waals surface area contributed by atoms with Crippen molar-refractivity contribution in [2.24, 2.45) is 5.73 Å². The number of nitrogens with zero attached hydrogens (tertiary/aromatic N) is 1. The Balaban J connectivity index is 2.67. The number of carboxylic acid groups (broad SMARTS) is 2. The maximum absolute atomic E-state index is 12.4. The number of hydrogen-bond donors (Lipinski definition) is 5. The van der Waals surface area contributed by atoms with Gasteiger partial charge >= 0.3 is 11.9 Å². The highest BCUT2D eigenvalue weighted by atomic mass is 16.4. The molecule has 0 aromatic rings. The van der Waals surface area contributed by atoms with E-state index < -0.39 is 60.2 Å². The third kappa shape index (κ3) is 5.69. The van der Waals surface area contributed by atoms with E-state index in [0.717, 1.165) is 0 Å². The van der Waals surface area contributed by atoms with Crippen molar-refractivity contribution in [2.45, 2.75) is 57.3 Å². The van der Waals surface area contributed by atoms with Crippen LogP contribution in [0, 0.1) is 0 Å². The van der Waals surface area contributed by atoms with Gasteiger partial charge in [-0.2, -0.15) is 0 Å². The van der Waals surface area contributed by atoms with Gasteiger partial charge < -0.3 is 31.5 Å². The lowest BCUT2D eigenvalue weighted by Gasteiger charge is -2.27. The van der Waals surface area contributed by atoms with Gasteiger partial charge in [-0.3, -0.25) is 24.0 Å². The highest BCUT2D eigenvalue weighted by molar-refractivity contribution is 5.94. The topological polar surface area (TPSA) is 179 Å². The lowest BCUT2D eigenvalue weighted by molar-refractivity contribution is -0.144. The molecule has 4 atom stereocenters. The second-order valence-electron chi connectivity index (χ2n) is 6.19. The first-order valence-electron chi connectivity index (χ1n) is 8.16. The monoisotopic (exact) mass is 372 g/mol. The molecule has 1 aliphatic heterocycles. The molecule has 0 spiro atoms. The highest BCUT2D eigenvalue weighted by Gasteiger charge is 2.37. The van der Waals surface area contributed by atoms with E-state index >= 15 is 0 Å². The van der Waals surface area contributed by atoms with Gasteiger partial charge in [0.25, 0.3) is 0 Å². The molecule has 0 aromatic heterocycles. The first kappa shape index (κ1) is 21.4. The first-order valence-corrected chi connectivity index (χ1v) is 8.16. The molecule has 11 heteroatoms. The number of nitrogens with two attached hydrogens (primary N) is 1. The normalized spacial score (nSPS) is 20.0. The predicted molar refractivity (Wildman–Crippen MR) is 87.8 cm³/mol. The van der Waals surface area contributed by atoms with E-state index in [1.165, 1.54) is 18.7 Å². The summed E-state index contributed by atoms with van der Waals surface area (Å²) in [7, 11) is 0. The summed E-state index contributed by atoms with van der Waals surface area (Å²) in [4.78, 5) is 59.2. The summed E-state index contributed by atoms with van der Waals surface area (Å²) in [6.45, 7) is 2.94. The van der Waals surface area contributed by atoms with Crippen LogP contribution in [0.1, 0.15) is 33.1 Å². The lowest BCUT2D eigenvalue weighted by Crippen LogP contribution is -2.55. The van der Waals surface area contributed by atoms with E-state index in [9.17, 15) is 24.0 Å². The molecule has 0 aliphatic carbocycles. The summed E-state index contributed by atoms with van der Waals surface area (Å²) in [5.41, 5.74) is 5.57. The molecule has 0 saturated carbocycles. The minimum atomic E-state index is -1.25. The van der Waals surface area contributed by atoms with Crippen LogP contribution >= 0.6 is 0 Å². The second kappa shape index (κ2) is 9.13. The molecule has 6 N–H and O–H groups in total. The zero-order valence-corrected chi connectivity index (χ0v) is 14.6. The average molecular weight is 372 g/mol. The molecule has 1 rings (SSSR count). The van der Waals surface area contributed by atoms with Crippen molar-refractivity contribution < 1.29 is 34.2 Å². The number of carbonyl (C=O) groups is 5. The zero-order valence-electron chi connectivity index (χ0n) is 14.6. The molecular weight excluding hydrogens is 348 g/mol. The van der Waals surface area contributed by atoms with Gasteiger partial charge in [-0.05, 0) is 26.7 Å². The number of amides is 3. The van der Waals surface area contributed by atoms with Crippen molar-refractivity contribution in [3.05, 3.63) is 0 Å². The van der Waals surface area contributed by atoms with Crippen molar-refractivity contribution in [1.29, 1.82) is 0 Å². The van der Waals surface area contributed by atoms with Gasteiger partial charge in [-0.1, -0.05) is 0 Å². The summed E-state index contributed by atoms with van der Waals surface area (Å²) in [5.74, 6) is -4.32. The van der Waals surface area contributed by atoms with E-state index in [0.29, 0.717) is 12.8 Å². The predicted octanol–water partition coefficient (Wildman–Crippen LogP) is -2.13. The quantitative estimate of drug-likeness (QED) is 0.320. The third-order valence-corrected chi connectivity index (χ3v) is 4.03. The lowest BCUT2D eigenvalue weighted by atomic mass is 10.1. The largest absolute Gasteiger partial charge is 0.481 e. The minimum absolute atomic E-state index is 0.265. The molecule has 1 heterocycles. The fraction of sp³-hybridized carbons (Fsp3) is 0.667. The van der Waals surface area contributed by atoms with Crippen molar-refractivity contribution in [1.82, 2.24) is 15.5 Å². The molecule has 3 amide bonds. The summed E-state index contributed by atoms with van der Waals surface area (Å²) >= 11 is 0. The van der Waals surface area contributed by atoms with Gasteiger partial charge in [0, 0.05) is 6.54 Å². The maximum atomic E-state index is 12.4. The molecule has 0 bridgehead atoms. The highest BCUT2D eigenvalue weighted by Crippen LogP contribution is 2.19. The van der Waals surface area contributed by atoms with Crippen LogP contribution in [0.3, 0.4) is 0 Å². The van der Waals surface area contributed by atoms with E-state index in [1.54, 1.807) is 0 Å². The Morgan fingerprint density at radius 1 is 1.12 bits per heavy atom. The number of likely N-dealkylation sites (tertiary alicyclic amines) is 1. The van der Waals surface area contributed by atoms with Crippen LogP contribution in [0.2, 0.25) is 0 Å². The fourth-order valence-corrected chi connectivity index (χ4v) is 2.57.